The van der Waals surface area contributed by atoms with Crippen LogP contribution in [0.5, 0.6) is 0 Å². The van der Waals surface area contributed by atoms with Crippen LogP contribution >= 0.6 is 0 Å². The number of amides is 1. The van der Waals surface area contributed by atoms with Crippen molar-refractivity contribution >= 4 is 22.8 Å². The molecule has 1 aromatic carbocycles. The minimum Gasteiger partial charge on any atom is -0.480 e. The van der Waals surface area contributed by atoms with Gasteiger partial charge < -0.3 is 14.6 Å². The zero-order valence-electron chi connectivity index (χ0n) is 11.2. The molecular formula is C14H16N2O3. The Bertz CT molecular complexity index is 658. The first-order valence-corrected chi connectivity index (χ1v) is 5.94. The predicted octanol–water partition coefficient (Wildman–Crippen LogP) is 1.64. The third-order valence-electron chi connectivity index (χ3n) is 3.33. The maximum absolute atomic E-state index is 12.4. The molecule has 19 heavy (non-hydrogen) atoms. The summed E-state index contributed by atoms with van der Waals surface area (Å²) in [6.45, 7) is 1.56. The summed E-state index contributed by atoms with van der Waals surface area (Å²) in [5.41, 5.74) is 2.37. The van der Waals surface area contributed by atoms with E-state index in [0.717, 1.165) is 16.6 Å². The van der Waals surface area contributed by atoms with E-state index in [2.05, 4.69) is 0 Å². The maximum atomic E-state index is 12.4. The Morgan fingerprint density at radius 3 is 2.58 bits per heavy atom. The van der Waals surface area contributed by atoms with Gasteiger partial charge in [-0.1, -0.05) is 18.2 Å². The number of hydrogen-bond acceptors (Lipinski definition) is 2. The van der Waals surface area contributed by atoms with Crippen molar-refractivity contribution < 1.29 is 14.7 Å². The van der Waals surface area contributed by atoms with E-state index < -0.39 is 5.97 Å². The molecule has 5 nitrogen and oxygen atoms in total. The second kappa shape index (κ2) is 4.76. The molecule has 2 rings (SSSR count). The highest BCUT2D eigenvalue weighted by molar-refractivity contribution is 6.08. The van der Waals surface area contributed by atoms with Gasteiger partial charge in [-0.05, 0) is 13.0 Å². The molecule has 0 saturated carbocycles. The highest BCUT2D eigenvalue weighted by Gasteiger charge is 2.22. The lowest BCUT2D eigenvalue weighted by molar-refractivity contribution is -0.137. The summed E-state index contributed by atoms with van der Waals surface area (Å²) in [5, 5.41) is 9.62. The van der Waals surface area contributed by atoms with Crippen LogP contribution in [0.4, 0.5) is 0 Å². The highest BCUT2D eigenvalue weighted by Crippen LogP contribution is 2.25. The fraction of sp³-hybridized carbons (Fsp3) is 0.286. The predicted molar refractivity (Wildman–Crippen MR) is 72.3 cm³/mol. The molecule has 1 N–H and O–H groups in total. The van der Waals surface area contributed by atoms with Gasteiger partial charge in [-0.25, -0.2) is 0 Å². The lowest BCUT2D eigenvalue weighted by Gasteiger charge is -2.14. The molecule has 1 amide bonds. The number of rotatable bonds is 3. The van der Waals surface area contributed by atoms with Crippen molar-refractivity contribution in [2.24, 2.45) is 7.05 Å². The molecule has 0 aliphatic carbocycles. The second-order valence-electron chi connectivity index (χ2n) is 4.59. The molecule has 100 valence electrons. The number of aryl methyl sites for hydroxylation is 1. The van der Waals surface area contributed by atoms with Crippen molar-refractivity contribution in [2.45, 2.75) is 6.92 Å². The number of carboxylic acid groups (broad SMARTS) is 1. The van der Waals surface area contributed by atoms with Gasteiger partial charge in [-0.15, -0.1) is 0 Å². The van der Waals surface area contributed by atoms with Gasteiger partial charge in [0, 0.05) is 30.7 Å². The van der Waals surface area contributed by atoms with Crippen molar-refractivity contribution in [3.05, 3.63) is 35.5 Å². The van der Waals surface area contributed by atoms with E-state index in [1.165, 1.54) is 11.9 Å². The smallest absolute Gasteiger partial charge is 0.323 e. The molecule has 0 unspecified atom stereocenters. The lowest BCUT2D eigenvalue weighted by Crippen LogP contribution is -2.32. The van der Waals surface area contributed by atoms with Gasteiger partial charge in [-0.3, -0.25) is 9.59 Å². The van der Waals surface area contributed by atoms with Crippen molar-refractivity contribution in [1.29, 1.82) is 0 Å². The average Bonchev–Trinajstić information content (AvgIpc) is 2.61. The van der Waals surface area contributed by atoms with Crippen LogP contribution in [0.15, 0.2) is 24.3 Å². The summed E-state index contributed by atoms with van der Waals surface area (Å²) in [6, 6.07) is 7.60. The number of nitrogens with zero attached hydrogens (tertiary/aromatic N) is 2. The molecular weight excluding hydrogens is 244 g/mol. The van der Waals surface area contributed by atoms with Gasteiger partial charge in [0.2, 0.25) is 0 Å². The molecule has 0 fully saturated rings. The van der Waals surface area contributed by atoms with Crippen molar-refractivity contribution in [3.8, 4) is 0 Å². The van der Waals surface area contributed by atoms with Gasteiger partial charge in [0.15, 0.2) is 0 Å². The minimum atomic E-state index is -1.02. The maximum Gasteiger partial charge on any atom is 0.323 e. The number of carboxylic acids is 1. The average molecular weight is 260 g/mol. The van der Waals surface area contributed by atoms with Crippen LogP contribution in [0, 0.1) is 6.92 Å². The van der Waals surface area contributed by atoms with E-state index in [0.29, 0.717) is 5.56 Å². The topological polar surface area (TPSA) is 62.5 Å². The first kappa shape index (κ1) is 13.1. The fourth-order valence-electron chi connectivity index (χ4n) is 2.26. The summed E-state index contributed by atoms with van der Waals surface area (Å²) in [5.74, 6) is -1.29. The number of para-hydroxylation sites is 1. The van der Waals surface area contributed by atoms with E-state index in [9.17, 15) is 9.59 Å². The van der Waals surface area contributed by atoms with Crippen molar-refractivity contribution in [3.63, 3.8) is 0 Å². The molecule has 1 aromatic heterocycles. The number of aliphatic carboxylic acids is 1. The Hall–Kier alpha value is -2.30. The van der Waals surface area contributed by atoms with Gasteiger partial charge in [0.25, 0.3) is 5.91 Å². The molecule has 0 bridgehead atoms. The van der Waals surface area contributed by atoms with E-state index in [-0.39, 0.29) is 12.5 Å². The SMILES string of the molecule is Cc1c(C(=O)N(C)CC(=O)O)c2ccccc2n1C. The molecule has 0 radical (unpaired) electrons. The Balaban J connectivity index is 2.53. The minimum absolute atomic E-state index is 0.267. The van der Waals surface area contributed by atoms with Crippen LogP contribution in [0.2, 0.25) is 0 Å². The van der Waals surface area contributed by atoms with Crippen LogP contribution < -0.4 is 0 Å². The monoisotopic (exact) mass is 260 g/mol. The Morgan fingerprint density at radius 1 is 1.32 bits per heavy atom. The summed E-state index contributed by atoms with van der Waals surface area (Å²) >= 11 is 0. The largest absolute Gasteiger partial charge is 0.480 e. The highest BCUT2D eigenvalue weighted by atomic mass is 16.4. The Kier molecular flexibility index (Phi) is 3.29. The third kappa shape index (κ3) is 2.19. The number of carbonyl (C=O) groups excluding carboxylic acids is 1. The van der Waals surface area contributed by atoms with Crippen molar-refractivity contribution in [2.75, 3.05) is 13.6 Å². The zero-order chi connectivity index (χ0) is 14.2. The zero-order valence-corrected chi connectivity index (χ0v) is 11.2. The molecule has 5 heteroatoms. The number of likely N-dealkylation sites (N-methyl/N-ethyl adjacent to an activating group) is 1. The summed E-state index contributed by atoms with van der Waals surface area (Å²) in [4.78, 5) is 24.3. The molecule has 1 heterocycles. The number of carbonyl (C=O) groups is 2. The van der Waals surface area contributed by atoms with Crippen LogP contribution in [-0.4, -0.2) is 40.0 Å². The van der Waals surface area contributed by atoms with Crippen molar-refractivity contribution in [1.82, 2.24) is 9.47 Å². The van der Waals surface area contributed by atoms with E-state index in [1.807, 2.05) is 42.8 Å². The number of fused-ring (bicyclic) bond motifs is 1. The lowest BCUT2D eigenvalue weighted by atomic mass is 10.1. The number of hydrogen-bond donors (Lipinski definition) is 1. The molecule has 0 saturated heterocycles. The van der Waals surface area contributed by atoms with Crippen LogP contribution in [0.25, 0.3) is 10.9 Å². The van der Waals surface area contributed by atoms with Crippen LogP contribution in [0.3, 0.4) is 0 Å². The first-order chi connectivity index (χ1) is 8.93. The molecule has 0 atom stereocenters. The normalized spacial score (nSPS) is 10.7. The van der Waals surface area contributed by atoms with Crippen LogP contribution in [-0.2, 0) is 11.8 Å². The van der Waals surface area contributed by atoms with E-state index >= 15 is 0 Å². The Labute approximate surface area is 111 Å². The van der Waals surface area contributed by atoms with Gasteiger partial charge in [0.1, 0.15) is 6.54 Å². The quantitative estimate of drug-likeness (QED) is 0.912. The fourth-order valence-corrected chi connectivity index (χ4v) is 2.26. The van der Waals surface area contributed by atoms with E-state index in [4.69, 9.17) is 5.11 Å². The molecule has 2 aromatic rings. The van der Waals surface area contributed by atoms with E-state index in [1.54, 1.807) is 0 Å². The number of benzene rings is 1. The molecule has 0 spiro atoms. The van der Waals surface area contributed by atoms with Gasteiger partial charge in [-0.2, -0.15) is 0 Å². The summed E-state index contributed by atoms with van der Waals surface area (Å²) in [6.07, 6.45) is 0. The standard InChI is InChI=1S/C14H16N2O3/c1-9-13(14(19)15(2)8-12(17)18)10-6-4-5-7-11(10)16(9)3/h4-7H,8H2,1-3H3,(H,17,18). The third-order valence-corrected chi connectivity index (χ3v) is 3.33. The molecule has 0 aliphatic heterocycles. The van der Waals surface area contributed by atoms with Gasteiger partial charge in [0.05, 0.1) is 5.56 Å². The molecule has 0 aliphatic rings. The number of aromatic nitrogens is 1. The summed E-state index contributed by atoms with van der Waals surface area (Å²) in [7, 11) is 3.39. The second-order valence-corrected chi connectivity index (χ2v) is 4.59. The first-order valence-electron chi connectivity index (χ1n) is 5.94. The van der Waals surface area contributed by atoms with Crippen LogP contribution in [0.1, 0.15) is 16.1 Å². The van der Waals surface area contributed by atoms with Gasteiger partial charge >= 0.3 is 5.97 Å². The summed E-state index contributed by atoms with van der Waals surface area (Å²) < 4.78 is 1.94. The Morgan fingerprint density at radius 2 is 1.95 bits per heavy atom.